The highest BCUT2D eigenvalue weighted by molar-refractivity contribution is 5.92. The number of anilines is 1. The first-order valence-electron chi connectivity index (χ1n) is 5.89. The lowest BCUT2D eigenvalue weighted by molar-refractivity contribution is -0.118. The molecule has 0 aliphatic rings. The van der Waals surface area contributed by atoms with Gasteiger partial charge in [-0.2, -0.15) is 5.26 Å². The lowest BCUT2D eigenvalue weighted by Gasteiger charge is -2.07. The summed E-state index contributed by atoms with van der Waals surface area (Å²) in [6, 6.07) is 14.7. The number of phenolic OH excluding ortho intramolecular Hbond substituents is 1. The number of phenols is 1. The fourth-order valence-electron chi connectivity index (χ4n) is 1.56. The first-order chi connectivity index (χ1) is 9.67. The fraction of sp³-hybridized carbons (Fsp3) is 0.0667. The maximum atomic E-state index is 11.7. The third-order valence-electron chi connectivity index (χ3n) is 2.48. The second kappa shape index (κ2) is 6.25. The summed E-state index contributed by atoms with van der Waals surface area (Å²) in [7, 11) is 0. The van der Waals surface area contributed by atoms with Crippen LogP contribution in [0.4, 0.5) is 5.69 Å². The Morgan fingerprint density at radius 3 is 2.65 bits per heavy atom. The Bertz CT molecular complexity index is 645. The van der Waals surface area contributed by atoms with Gasteiger partial charge in [0.25, 0.3) is 5.91 Å². The average Bonchev–Trinajstić information content (AvgIpc) is 2.46. The standard InChI is InChI=1S/C15H12N2O3/c16-9-11-4-6-14(7-5-11)20-10-15(19)17-12-2-1-3-13(18)8-12/h1-8,18H,10H2,(H,17,19). The van der Waals surface area contributed by atoms with Gasteiger partial charge in [-0.05, 0) is 36.4 Å². The van der Waals surface area contributed by atoms with E-state index in [0.29, 0.717) is 17.0 Å². The average molecular weight is 268 g/mol. The minimum atomic E-state index is -0.333. The normalized spacial score (nSPS) is 9.55. The van der Waals surface area contributed by atoms with Crippen LogP contribution in [0.5, 0.6) is 11.5 Å². The lowest BCUT2D eigenvalue weighted by atomic mass is 10.2. The Kier molecular flexibility index (Phi) is 4.20. The van der Waals surface area contributed by atoms with E-state index < -0.39 is 0 Å². The monoisotopic (exact) mass is 268 g/mol. The molecule has 0 aromatic heterocycles. The summed E-state index contributed by atoms with van der Waals surface area (Å²) in [5.41, 5.74) is 1.03. The SMILES string of the molecule is N#Cc1ccc(OCC(=O)Nc2cccc(O)c2)cc1. The van der Waals surface area contributed by atoms with Gasteiger partial charge in [0.1, 0.15) is 11.5 Å². The summed E-state index contributed by atoms with van der Waals surface area (Å²) in [5, 5.41) is 20.5. The molecule has 0 spiro atoms. The van der Waals surface area contributed by atoms with Crippen molar-refractivity contribution in [3.63, 3.8) is 0 Å². The van der Waals surface area contributed by atoms with Crippen molar-refractivity contribution in [1.82, 2.24) is 0 Å². The quantitative estimate of drug-likeness (QED) is 0.891. The summed E-state index contributed by atoms with van der Waals surface area (Å²) in [6.45, 7) is -0.151. The number of benzene rings is 2. The number of hydrogen-bond acceptors (Lipinski definition) is 4. The number of nitrogens with zero attached hydrogens (tertiary/aromatic N) is 1. The van der Waals surface area contributed by atoms with Crippen molar-refractivity contribution >= 4 is 11.6 Å². The van der Waals surface area contributed by atoms with Crippen molar-refractivity contribution in [3.05, 3.63) is 54.1 Å². The zero-order valence-corrected chi connectivity index (χ0v) is 10.5. The van der Waals surface area contributed by atoms with Crippen LogP contribution in [0.15, 0.2) is 48.5 Å². The van der Waals surface area contributed by atoms with Crippen LogP contribution in [-0.2, 0) is 4.79 Å². The van der Waals surface area contributed by atoms with Crippen LogP contribution < -0.4 is 10.1 Å². The maximum Gasteiger partial charge on any atom is 0.262 e. The van der Waals surface area contributed by atoms with Crippen molar-refractivity contribution in [1.29, 1.82) is 5.26 Å². The van der Waals surface area contributed by atoms with E-state index >= 15 is 0 Å². The third-order valence-corrected chi connectivity index (χ3v) is 2.48. The molecule has 2 aromatic carbocycles. The number of amides is 1. The Morgan fingerprint density at radius 1 is 1.25 bits per heavy atom. The molecular weight excluding hydrogens is 256 g/mol. The zero-order valence-electron chi connectivity index (χ0n) is 10.5. The molecule has 0 unspecified atom stereocenters. The second-order valence-corrected chi connectivity index (χ2v) is 4.02. The van der Waals surface area contributed by atoms with E-state index in [0.717, 1.165) is 0 Å². The van der Waals surface area contributed by atoms with Gasteiger partial charge >= 0.3 is 0 Å². The number of aromatic hydroxyl groups is 1. The summed E-state index contributed by atoms with van der Waals surface area (Å²) < 4.78 is 5.29. The molecule has 2 aromatic rings. The molecule has 0 radical (unpaired) electrons. The van der Waals surface area contributed by atoms with Gasteiger partial charge in [-0.25, -0.2) is 0 Å². The van der Waals surface area contributed by atoms with Crippen molar-refractivity contribution in [3.8, 4) is 17.6 Å². The molecule has 0 saturated heterocycles. The maximum absolute atomic E-state index is 11.7. The van der Waals surface area contributed by atoms with Gasteiger partial charge in [0.05, 0.1) is 11.6 Å². The predicted octanol–water partition coefficient (Wildman–Crippen LogP) is 2.28. The van der Waals surface area contributed by atoms with Gasteiger partial charge in [-0.3, -0.25) is 4.79 Å². The zero-order chi connectivity index (χ0) is 14.4. The van der Waals surface area contributed by atoms with Crippen LogP contribution in [0.25, 0.3) is 0 Å². The number of ether oxygens (including phenoxy) is 1. The molecule has 20 heavy (non-hydrogen) atoms. The summed E-state index contributed by atoms with van der Waals surface area (Å²) in [4.78, 5) is 11.7. The van der Waals surface area contributed by atoms with Gasteiger partial charge in [0.2, 0.25) is 0 Å². The summed E-state index contributed by atoms with van der Waals surface area (Å²) in [5.74, 6) is 0.255. The highest BCUT2D eigenvalue weighted by atomic mass is 16.5. The van der Waals surface area contributed by atoms with E-state index in [1.165, 1.54) is 12.1 Å². The van der Waals surface area contributed by atoms with E-state index in [1.807, 2.05) is 6.07 Å². The molecule has 100 valence electrons. The topological polar surface area (TPSA) is 82.3 Å². The van der Waals surface area contributed by atoms with Crippen molar-refractivity contribution < 1.29 is 14.6 Å². The third kappa shape index (κ3) is 3.75. The van der Waals surface area contributed by atoms with E-state index in [2.05, 4.69) is 5.32 Å². The Balaban J connectivity index is 1.87. The van der Waals surface area contributed by atoms with Crippen molar-refractivity contribution in [2.45, 2.75) is 0 Å². The molecule has 0 heterocycles. The van der Waals surface area contributed by atoms with Gasteiger partial charge in [0.15, 0.2) is 6.61 Å². The summed E-state index contributed by atoms with van der Waals surface area (Å²) >= 11 is 0. The van der Waals surface area contributed by atoms with Gasteiger partial charge in [-0.1, -0.05) is 6.07 Å². The molecule has 0 bridgehead atoms. The lowest BCUT2D eigenvalue weighted by Crippen LogP contribution is -2.20. The number of carbonyl (C=O) groups excluding carboxylic acids is 1. The number of nitrogens with one attached hydrogen (secondary N) is 1. The molecule has 1 amide bonds. The van der Waals surface area contributed by atoms with Crippen LogP contribution in [0.2, 0.25) is 0 Å². The largest absolute Gasteiger partial charge is 0.508 e. The fourth-order valence-corrected chi connectivity index (χ4v) is 1.56. The first-order valence-corrected chi connectivity index (χ1v) is 5.89. The van der Waals surface area contributed by atoms with Gasteiger partial charge in [-0.15, -0.1) is 0 Å². The summed E-state index contributed by atoms with van der Waals surface area (Å²) in [6.07, 6.45) is 0. The first kappa shape index (κ1) is 13.4. The number of hydrogen-bond donors (Lipinski definition) is 2. The molecule has 0 aliphatic heterocycles. The highest BCUT2D eigenvalue weighted by Crippen LogP contribution is 2.15. The molecule has 5 heteroatoms. The van der Waals surface area contributed by atoms with Crippen molar-refractivity contribution in [2.75, 3.05) is 11.9 Å². The van der Waals surface area contributed by atoms with Crippen LogP contribution in [0, 0.1) is 11.3 Å². The molecule has 0 aliphatic carbocycles. The number of carbonyl (C=O) groups is 1. The van der Waals surface area contributed by atoms with Crippen LogP contribution in [0.1, 0.15) is 5.56 Å². The van der Waals surface area contributed by atoms with Crippen LogP contribution in [0.3, 0.4) is 0 Å². The number of nitriles is 1. The van der Waals surface area contributed by atoms with Crippen molar-refractivity contribution in [2.24, 2.45) is 0 Å². The minimum Gasteiger partial charge on any atom is -0.508 e. The van der Waals surface area contributed by atoms with E-state index in [1.54, 1.807) is 36.4 Å². The Morgan fingerprint density at radius 2 is 2.00 bits per heavy atom. The molecule has 0 fully saturated rings. The molecular formula is C15H12N2O3. The molecule has 2 rings (SSSR count). The molecule has 2 N–H and O–H groups in total. The molecule has 5 nitrogen and oxygen atoms in total. The second-order valence-electron chi connectivity index (χ2n) is 4.02. The number of rotatable bonds is 4. The van der Waals surface area contributed by atoms with E-state index in [9.17, 15) is 9.90 Å². The minimum absolute atomic E-state index is 0.0795. The van der Waals surface area contributed by atoms with Gasteiger partial charge < -0.3 is 15.2 Å². The predicted molar refractivity (Wildman–Crippen MR) is 73.4 cm³/mol. The molecule has 0 saturated carbocycles. The molecule has 0 atom stereocenters. The van der Waals surface area contributed by atoms with E-state index in [-0.39, 0.29) is 18.3 Å². The Labute approximate surface area is 116 Å². The van der Waals surface area contributed by atoms with Crippen LogP contribution >= 0.6 is 0 Å². The van der Waals surface area contributed by atoms with Gasteiger partial charge in [0, 0.05) is 11.8 Å². The highest BCUT2D eigenvalue weighted by Gasteiger charge is 2.04. The smallest absolute Gasteiger partial charge is 0.262 e. The van der Waals surface area contributed by atoms with Crippen LogP contribution in [-0.4, -0.2) is 17.6 Å². The Hall–Kier alpha value is -3.00. The van der Waals surface area contributed by atoms with E-state index in [4.69, 9.17) is 10.00 Å².